The van der Waals surface area contributed by atoms with Crippen molar-refractivity contribution in [3.63, 3.8) is 0 Å². The summed E-state index contributed by atoms with van der Waals surface area (Å²) in [6.07, 6.45) is 7.30. The molecule has 0 spiro atoms. The average Bonchev–Trinajstić information content (AvgIpc) is 2.79. The fourth-order valence-corrected chi connectivity index (χ4v) is 1.60. The Morgan fingerprint density at radius 1 is 1.35 bits per heavy atom. The Hall–Kier alpha value is -1.68. The van der Waals surface area contributed by atoms with E-state index in [1.807, 2.05) is 38.4 Å². The molecule has 0 aliphatic carbocycles. The third-order valence-corrected chi connectivity index (χ3v) is 2.59. The number of aromatic nitrogens is 3. The van der Waals surface area contributed by atoms with Crippen molar-refractivity contribution in [2.24, 2.45) is 5.73 Å². The lowest BCUT2D eigenvalue weighted by atomic mass is 10.00. The summed E-state index contributed by atoms with van der Waals surface area (Å²) in [7, 11) is 0. The second kappa shape index (κ2) is 4.67. The molecule has 0 unspecified atom stereocenters. The topological polar surface area (TPSA) is 67.6 Å². The van der Waals surface area contributed by atoms with Crippen LogP contribution < -0.4 is 5.73 Å². The molecule has 2 aromatic heterocycles. The van der Waals surface area contributed by atoms with E-state index in [0.717, 1.165) is 29.9 Å². The van der Waals surface area contributed by atoms with Crippen LogP contribution in [0.2, 0.25) is 0 Å². The molecule has 0 saturated heterocycles. The Bertz CT molecular complexity index is 468. The van der Waals surface area contributed by atoms with Crippen molar-refractivity contribution in [2.45, 2.75) is 32.2 Å². The van der Waals surface area contributed by atoms with Crippen LogP contribution in [0.4, 0.5) is 0 Å². The van der Waals surface area contributed by atoms with Gasteiger partial charge in [0.05, 0.1) is 5.69 Å². The van der Waals surface area contributed by atoms with Gasteiger partial charge >= 0.3 is 0 Å². The largest absolute Gasteiger partial charge is 0.367 e. The van der Waals surface area contributed by atoms with Crippen LogP contribution in [0.15, 0.2) is 30.7 Å². The third-order valence-electron chi connectivity index (χ3n) is 2.59. The first-order valence-electron chi connectivity index (χ1n) is 5.78. The number of rotatable bonds is 4. The van der Waals surface area contributed by atoms with Crippen LogP contribution in [0.1, 0.15) is 26.1 Å². The third kappa shape index (κ3) is 3.39. The predicted molar refractivity (Wildman–Crippen MR) is 68.4 cm³/mol. The highest BCUT2D eigenvalue weighted by atomic mass is 14.9. The molecule has 0 atom stereocenters. The monoisotopic (exact) mass is 230 g/mol. The van der Waals surface area contributed by atoms with E-state index in [4.69, 9.17) is 5.73 Å². The van der Waals surface area contributed by atoms with Gasteiger partial charge in [-0.3, -0.25) is 0 Å². The molecule has 2 heterocycles. The summed E-state index contributed by atoms with van der Waals surface area (Å²) in [5.41, 5.74) is 7.82. The summed E-state index contributed by atoms with van der Waals surface area (Å²) >= 11 is 0. The lowest BCUT2D eigenvalue weighted by Crippen LogP contribution is -2.32. The van der Waals surface area contributed by atoms with Gasteiger partial charge in [-0.15, -0.1) is 0 Å². The Morgan fingerprint density at radius 2 is 2.18 bits per heavy atom. The Labute approximate surface area is 101 Å². The first-order valence-corrected chi connectivity index (χ1v) is 5.78. The number of H-pyrrole nitrogens is 1. The van der Waals surface area contributed by atoms with Crippen molar-refractivity contribution in [3.05, 3.63) is 36.5 Å². The van der Waals surface area contributed by atoms with Crippen LogP contribution >= 0.6 is 0 Å². The molecule has 0 aromatic carbocycles. The quantitative estimate of drug-likeness (QED) is 0.845. The smallest absolute Gasteiger partial charge is 0.129 e. The standard InChI is InChI=1S/C13H18N4/c1-13(2,14)6-3-12-16-8-5-11(17-12)10-4-7-15-9-10/h4-5,7-9,15H,3,6,14H2,1-2H3. The number of nitrogens with two attached hydrogens (primary N) is 1. The summed E-state index contributed by atoms with van der Waals surface area (Å²) in [5, 5.41) is 0. The average molecular weight is 230 g/mol. The lowest BCUT2D eigenvalue weighted by molar-refractivity contribution is 0.471. The number of hydrogen-bond donors (Lipinski definition) is 2. The molecule has 4 nitrogen and oxygen atoms in total. The van der Waals surface area contributed by atoms with Crippen LogP contribution in [0.3, 0.4) is 0 Å². The van der Waals surface area contributed by atoms with Gasteiger partial charge in [0.2, 0.25) is 0 Å². The highest BCUT2D eigenvalue weighted by molar-refractivity contribution is 5.57. The zero-order valence-corrected chi connectivity index (χ0v) is 10.3. The Balaban J connectivity index is 2.12. The predicted octanol–water partition coefficient (Wildman–Crippen LogP) is 2.14. The van der Waals surface area contributed by atoms with Crippen molar-refractivity contribution >= 4 is 0 Å². The molecule has 17 heavy (non-hydrogen) atoms. The summed E-state index contributed by atoms with van der Waals surface area (Å²) in [4.78, 5) is 11.8. The summed E-state index contributed by atoms with van der Waals surface area (Å²) in [6, 6.07) is 3.92. The van der Waals surface area contributed by atoms with Crippen molar-refractivity contribution in [1.82, 2.24) is 15.0 Å². The van der Waals surface area contributed by atoms with Crippen molar-refractivity contribution < 1.29 is 0 Å². The maximum Gasteiger partial charge on any atom is 0.129 e. The second-order valence-corrected chi connectivity index (χ2v) is 4.95. The maximum atomic E-state index is 5.96. The van der Waals surface area contributed by atoms with Crippen LogP contribution in [-0.4, -0.2) is 20.5 Å². The van der Waals surface area contributed by atoms with Crippen LogP contribution in [0.5, 0.6) is 0 Å². The van der Waals surface area contributed by atoms with Crippen molar-refractivity contribution in [3.8, 4) is 11.3 Å². The minimum absolute atomic E-state index is 0.173. The fraction of sp³-hybridized carbons (Fsp3) is 0.385. The highest BCUT2D eigenvalue weighted by Crippen LogP contribution is 2.16. The molecule has 90 valence electrons. The van der Waals surface area contributed by atoms with Crippen LogP contribution in [0.25, 0.3) is 11.3 Å². The molecule has 2 aromatic rings. The van der Waals surface area contributed by atoms with Gasteiger partial charge in [-0.1, -0.05) is 0 Å². The van der Waals surface area contributed by atoms with Crippen LogP contribution in [0, 0.1) is 0 Å². The molecule has 0 radical (unpaired) electrons. The van der Waals surface area contributed by atoms with E-state index in [0.29, 0.717) is 0 Å². The molecule has 0 aliphatic heterocycles. The van der Waals surface area contributed by atoms with E-state index < -0.39 is 0 Å². The molecule has 3 N–H and O–H groups in total. The minimum Gasteiger partial charge on any atom is -0.367 e. The lowest BCUT2D eigenvalue weighted by Gasteiger charge is -2.17. The van der Waals surface area contributed by atoms with Crippen LogP contribution in [-0.2, 0) is 6.42 Å². The van der Waals surface area contributed by atoms with E-state index in [1.54, 1.807) is 6.20 Å². The second-order valence-electron chi connectivity index (χ2n) is 4.95. The maximum absolute atomic E-state index is 5.96. The van der Waals surface area contributed by atoms with Gasteiger partial charge in [0, 0.05) is 36.1 Å². The van der Waals surface area contributed by atoms with Crippen molar-refractivity contribution in [1.29, 1.82) is 0 Å². The molecule has 0 amide bonds. The number of nitrogens with one attached hydrogen (secondary N) is 1. The number of aromatic amines is 1. The van der Waals surface area contributed by atoms with Gasteiger partial charge in [0.25, 0.3) is 0 Å². The first-order chi connectivity index (χ1) is 8.04. The molecular formula is C13H18N4. The molecule has 2 rings (SSSR count). The Morgan fingerprint density at radius 3 is 2.82 bits per heavy atom. The first kappa shape index (κ1) is 11.8. The summed E-state index contributed by atoms with van der Waals surface area (Å²) in [5.74, 6) is 0.849. The van der Waals surface area contributed by atoms with Gasteiger partial charge in [0.1, 0.15) is 5.82 Å². The molecule has 0 fully saturated rings. The molecular weight excluding hydrogens is 212 g/mol. The van der Waals surface area contributed by atoms with E-state index in [1.165, 1.54) is 0 Å². The number of hydrogen-bond acceptors (Lipinski definition) is 3. The zero-order valence-electron chi connectivity index (χ0n) is 10.3. The minimum atomic E-state index is -0.173. The number of nitrogens with zero attached hydrogens (tertiary/aromatic N) is 2. The van der Waals surface area contributed by atoms with Crippen molar-refractivity contribution in [2.75, 3.05) is 0 Å². The van der Waals surface area contributed by atoms with Gasteiger partial charge < -0.3 is 10.7 Å². The zero-order chi connectivity index (χ0) is 12.3. The Kier molecular flexibility index (Phi) is 3.24. The van der Waals surface area contributed by atoms with E-state index in [9.17, 15) is 0 Å². The summed E-state index contributed by atoms with van der Waals surface area (Å²) in [6.45, 7) is 4.03. The summed E-state index contributed by atoms with van der Waals surface area (Å²) < 4.78 is 0. The van der Waals surface area contributed by atoms with E-state index in [2.05, 4.69) is 15.0 Å². The van der Waals surface area contributed by atoms with Gasteiger partial charge in [-0.25, -0.2) is 9.97 Å². The highest BCUT2D eigenvalue weighted by Gasteiger charge is 2.11. The van der Waals surface area contributed by atoms with E-state index >= 15 is 0 Å². The molecule has 0 aliphatic rings. The van der Waals surface area contributed by atoms with Gasteiger partial charge in [-0.2, -0.15) is 0 Å². The fourth-order valence-electron chi connectivity index (χ4n) is 1.60. The normalized spacial score (nSPS) is 11.7. The SMILES string of the molecule is CC(C)(N)CCc1nccc(-c2cc[nH]c2)n1. The van der Waals surface area contributed by atoms with Gasteiger partial charge in [-0.05, 0) is 32.4 Å². The molecule has 0 bridgehead atoms. The molecule has 0 saturated carbocycles. The molecule has 4 heteroatoms. The number of aryl methyl sites for hydroxylation is 1. The van der Waals surface area contributed by atoms with E-state index in [-0.39, 0.29) is 5.54 Å². The van der Waals surface area contributed by atoms with Gasteiger partial charge in [0.15, 0.2) is 0 Å².